The molecule has 0 radical (unpaired) electrons. The quantitative estimate of drug-likeness (QED) is 0.732. The van der Waals surface area contributed by atoms with Gasteiger partial charge in [0.1, 0.15) is 0 Å². The van der Waals surface area contributed by atoms with Crippen molar-refractivity contribution in [1.82, 2.24) is 0 Å². The van der Waals surface area contributed by atoms with Gasteiger partial charge < -0.3 is 5.11 Å². The van der Waals surface area contributed by atoms with E-state index in [1.807, 2.05) is 13.0 Å². The zero-order valence-corrected chi connectivity index (χ0v) is 11.5. The molecule has 2 aromatic carbocycles. The van der Waals surface area contributed by atoms with Gasteiger partial charge in [0.05, 0.1) is 5.60 Å². The number of hydrogen-bond donors (Lipinski definition) is 1. The molecule has 1 N–H and O–H groups in total. The summed E-state index contributed by atoms with van der Waals surface area (Å²) in [5, 5.41) is 13.5. The van der Waals surface area contributed by atoms with Gasteiger partial charge in [-0.05, 0) is 34.2 Å². The van der Waals surface area contributed by atoms with E-state index in [4.69, 9.17) is 0 Å². The molecule has 0 amide bonds. The second-order valence-corrected chi connectivity index (χ2v) is 6.70. The van der Waals surface area contributed by atoms with Crippen LogP contribution in [0.2, 0.25) is 0 Å². The largest absolute Gasteiger partial charge is 0.385 e. The van der Waals surface area contributed by atoms with E-state index >= 15 is 0 Å². The molecule has 1 aliphatic carbocycles. The van der Waals surface area contributed by atoms with Crippen LogP contribution in [0.1, 0.15) is 44.7 Å². The average molecular weight is 240 g/mol. The van der Waals surface area contributed by atoms with Gasteiger partial charge in [-0.1, -0.05) is 57.2 Å². The Morgan fingerprint density at radius 3 is 2.28 bits per heavy atom. The van der Waals surface area contributed by atoms with Crippen molar-refractivity contribution in [2.45, 2.75) is 39.2 Å². The van der Waals surface area contributed by atoms with Gasteiger partial charge in [0.25, 0.3) is 0 Å². The van der Waals surface area contributed by atoms with E-state index in [0.717, 1.165) is 5.56 Å². The van der Waals surface area contributed by atoms with Crippen LogP contribution in [-0.4, -0.2) is 5.11 Å². The molecule has 1 nitrogen and oxygen atoms in total. The standard InChI is InChI=1S/C17H20O/c1-16(2,3)15-12-9-5-7-11-8-6-10-13(14(11)12)17(15,4)18/h5-10,15,18H,1-4H3/t15-,17?/m0/s1. The summed E-state index contributed by atoms with van der Waals surface area (Å²) >= 11 is 0. The molecule has 2 atom stereocenters. The lowest BCUT2D eigenvalue weighted by Gasteiger charge is -2.37. The lowest BCUT2D eigenvalue weighted by atomic mass is 9.70. The molecule has 0 saturated heterocycles. The van der Waals surface area contributed by atoms with Crippen molar-refractivity contribution in [2.75, 3.05) is 0 Å². The van der Waals surface area contributed by atoms with E-state index in [-0.39, 0.29) is 11.3 Å². The molecule has 0 aromatic heterocycles. The van der Waals surface area contributed by atoms with Gasteiger partial charge in [-0.3, -0.25) is 0 Å². The monoisotopic (exact) mass is 240 g/mol. The van der Waals surface area contributed by atoms with Crippen LogP contribution in [0.4, 0.5) is 0 Å². The maximum absolute atomic E-state index is 11.0. The second-order valence-electron chi connectivity index (χ2n) is 6.70. The van der Waals surface area contributed by atoms with Crippen LogP contribution in [0.3, 0.4) is 0 Å². The second kappa shape index (κ2) is 3.36. The van der Waals surface area contributed by atoms with Crippen LogP contribution in [-0.2, 0) is 5.60 Å². The molecule has 18 heavy (non-hydrogen) atoms. The predicted octanol–water partition coefficient (Wildman–Crippen LogP) is 4.19. The summed E-state index contributed by atoms with van der Waals surface area (Å²) in [4.78, 5) is 0. The molecule has 0 aliphatic heterocycles. The summed E-state index contributed by atoms with van der Waals surface area (Å²) in [6.07, 6.45) is 0. The summed E-state index contributed by atoms with van der Waals surface area (Å²) in [6.45, 7) is 8.57. The minimum absolute atomic E-state index is 0.0385. The van der Waals surface area contributed by atoms with Crippen molar-refractivity contribution in [3.8, 4) is 0 Å². The lowest BCUT2D eigenvalue weighted by Crippen LogP contribution is -2.34. The molecule has 0 heterocycles. The third kappa shape index (κ3) is 1.37. The number of rotatable bonds is 0. The summed E-state index contributed by atoms with van der Waals surface area (Å²) in [6, 6.07) is 12.6. The van der Waals surface area contributed by atoms with Gasteiger partial charge in [0.2, 0.25) is 0 Å². The van der Waals surface area contributed by atoms with Crippen molar-refractivity contribution in [2.24, 2.45) is 5.41 Å². The zero-order chi connectivity index (χ0) is 13.1. The third-order valence-corrected chi connectivity index (χ3v) is 4.22. The molecular formula is C17H20O. The van der Waals surface area contributed by atoms with Gasteiger partial charge in [-0.15, -0.1) is 0 Å². The van der Waals surface area contributed by atoms with Crippen molar-refractivity contribution in [3.05, 3.63) is 47.5 Å². The molecule has 94 valence electrons. The van der Waals surface area contributed by atoms with Crippen molar-refractivity contribution in [1.29, 1.82) is 0 Å². The van der Waals surface area contributed by atoms with Crippen LogP contribution < -0.4 is 0 Å². The Hall–Kier alpha value is -1.34. The predicted molar refractivity (Wildman–Crippen MR) is 75.7 cm³/mol. The van der Waals surface area contributed by atoms with Crippen molar-refractivity contribution >= 4 is 10.8 Å². The maximum atomic E-state index is 11.0. The number of benzene rings is 2. The first-order valence-corrected chi connectivity index (χ1v) is 6.58. The Bertz CT molecular complexity index is 612. The molecule has 0 fully saturated rings. The van der Waals surface area contributed by atoms with Gasteiger partial charge in [0.15, 0.2) is 0 Å². The average Bonchev–Trinajstić information content (AvgIpc) is 2.49. The first-order valence-electron chi connectivity index (χ1n) is 6.58. The summed E-state index contributed by atoms with van der Waals surface area (Å²) in [5.41, 5.74) is 1.63. The maximum Gasteiger partial charge on any atom is 0.0948 e. The number of aliphatic hydroxyl groups is 1. The molecule has 1 aliphatic rings. The summed E-state index contributed by atoms with van der Waals surface area (Å²) < 4.78 is 0. The van der Waals surface area contributed by atoms with Gasteiger partial charge in [0, 0.05) is 5.92 Å². The normalized spacial score (nSPS) is 26.8. The van der Waals surface area contributed by atoms with E-state index in [9.17, 15) is 5.11 Å². The van der Waals surface area contributed by atoms with Crippen LogP contribution in [0.25, 0.3) is 10.8 Å². The molecule has 1 heteroatoms. The summed E-state index contributed by atoms with van der Waals surface area (Å²) in [5.74, 6) is 0.145. The van der Waals surface area contributed by atoms with Crippen LogP contribution in [0.15, 0.2) is 36.4 Å². The topological polar surface area (TPSA) is 20.2 Å². The highest BCUT2D eigenvalue weighted by molar-refractivity contribution is 5.92. The van der Waals surface area contributed by atoms with E-state index in [0.29, 0.717) is 0 Å². The van der Waals surface area contributed by atoms with Crippen LogP contribution in [0, 0.1) is 5.41 Å². The molecule has 0 saturated carbocycles. The fourth-order valence-corrected chi connectivity index (χ4v) is 3.80. The SMILES string of the molecule is CC(C)(C)[C@@H]1c2cccc3cccc(c23)C1(C)O. The van der Waals surface area contributed by atoms with E-state index in [1.165, 1.54) is 16.3 Å². The molecular weight excluding hydrogens is 220 g/mol. The Balaban J connectivity index is 2.41. The number of hydrogen-bond acceptors (Lipinski definition) is 1. The Kier molecular flexibility index (Phi) is 2.19. The fourth-order valence-electron chi connectivity index (χ4n) is 3.80. The zero-order valence-electron chi connectivity index (χ0n) is 11.5. The fraction of sp³-hybridized carbons (Fsp3) is 0.412. The highest BCUT2D eigenvalue weighted by atomic mass is 16.3. The minimum Gasteiger partial charge on any atom is -0.385 e. The van der Waals surface area contributed by atoms with Crippen LogP contribution >= 0.6 is 0 Å². The molecule has 0 spiro atoms. The Morgan fingerprint density at radius 2 is 1.67 bits per heavy atom. The highest BCUT2D eigenvalue weighted by Crippen LogP contribution is 2.56. The van der Waals surface area contributed by atoms with Gasteiger partial charge in [-0.2, -0.15) is 0 Å². The third-order valence-electron chi connectivity index (χ3n) is 4.22. The van der Waals surface area contributed by atoms with Gasteiger partial charge >= 0.3 is 0 Å². The Labute approximate surface area is 108 Å². The van der Waals surface area contributed by atoms with Gasteiger partial charge in [-0.25, -0.2) is 0 Å². The van der Waals surface area contributed by atoms with Crippen molar-refractivity contribution < 1.29 is 5.11 Å². The summed E-state index contributed by atoms with van der Waals surface area (Å²) in [7, 11) is 0. The first kappa shape index (κ1) is 11.7. The van der Waals surface area contributed by atoms with E-state index in [2.05, 4.69) is 51.1 Å². The molecule has 3 rings (SSSR count). The first-order chi connectivity index (χ1) is 8.33. The molecule has 0 bridgehead atoms. The highest BCUT2D eigenvalue weighted by Gasteiger charge is 2.48. The Morgan fingerprint density at radius 1 is 1.06 bits per heavy atom. The molecule has 2 aromatic rings. The lowest BCUT2D eigenvalue weighted by molar-refractivity contribution is -0.00491. The van der Waals surface area contributed by atoms with Crippen molar-refractivity contribution in [3.63, 3.8) is 0 Å². The molecule has 1 unspecified atom stereocenters. The van der Waals surface area contributed by atoms with E-state index < -0.39 is 5.60 Å². The minimum atomic E-state index is -0.776. The van der Waals surface area contributed by atoms with Crippen LogP contribution in [0.5, 0.6) is 0 Å². The van der Waals surface area contributed by atoms with E-state index in [1.54, 1.807) is 0 Å². The smallest absolute Gasteiger partial charge is 0.0948 e.